The maximum Gasteiger partial charge on any atom is 0.0749 e. The summed E-state index contributed by atoms with van der Waals surface area (Å²) in [6.45, 7) is 0. The van der Waals surface area contributed by atoms with E-state index in [9.17, 15) is 0 Å². The summed E-state index contributed by atoms with van der Waals surface area (Å²) in [5, 5.41) is 5.12. The predicted molar refractivity (Wildman–Crippen MR) is 223 cm³/mol. The maximum absolute atomic E-state index is 2.50. The van der Waals surface area contributed by atoms with E-state index in [1.165, 1.54) is 97.1 Å². The zero-order valence-electron chi connectivity index (χ0n) is 28.4. The van der Waals surface area contributed by atoms with Gasteiger partial charge in [-0.1, -0.05) is 121 Å². The number of hydrogen-bond donors (Lipinski definition) is 0. The molecule has 0 saturated carbocycles. The monoisotopic (exact) mass is 711 g/mol. The number of fused-ring (bicyclic) bond motifs is 11. The third-order valence-electron chi connectivity index (χ3n) is 10.9. The topological polar surface area (TPSA) is 13.1 Å². The first-order valence-electron chi connectivity index (χ1n) is 17.9. The van der Waals surface area contributed by atoms with Crippen LogP contribution >= 0.6 is 23.5 Å². The molecular weight excluding hydrogens is 683 g/mol. The molecule has 0 atom stereocenters. The molecule has 2 aromatic heterocycles. The molecule has 5 heteroatoms. The maximum atomic E-state index is 2.50. The molecule has 0 N–H and O–H groups in total. The van der Waals surface area contributed by atoms with Crippen LogP contribution in [0.5, 0.6) is 0 Å². The van der Waals surface area contributed by atoms with Gasteiger partial charge in [0.25, 0.3) is 0 Å². The molecule has 0 amide bonds. The van der Waals surface area contributed by atoms with E-state index in [-0.39, 0.29) is 0 Å². The molecule has 12 rings (SSSR count). The second-order valence-electron chi connectivity index (χ2n) is 13.7. The molecule has 2 aliphatic heterocycles. The van der Waals surface area contributed by atoms with Crippen molar-refractivity contribution in [1.82, 2.24) is 9.13 Å². The van der Waals surface area contributed by atoms with Gasteiger partial charge in [-0.05, 0) is 90.0 Å². The first kappa shape index (κ1) is 29.4. The summed E-state index contributed by atoms with van der Waals surface area (Å²) in [7, 11) is 0. The second kappa shape index (κ2) is 11.2. The summed E-state index contributed by atoms with van der Waals surface area (Å²) >= 11 is 3.79. The number of aromatic nitrogens is 2. The van der Waals surface area contributed by atoms with Crippen LogP contribution in [0.25, 0.3) is 66.1 Å². The summed E-state index contributed by atoms with van der Waals surface area (Å²) in [5.74, 6) is 0. The van der Waals surface area contributed by atoms with Crippen LogP contribution in [-0.4, -0.2) is 9.13 Å². The Bertz CT molecular complexity index is 3060. The standard InChI is InChI=1S/C48H29N3S2/c1-2-12-32(13-3-1)50-39-27-24-31(30-22-25-33(26-23-30)49-37-16-6-4-14-34(37)35-15-5-7-17-38(35)49)28-36(39)46-42(50)29-45-47-48(46)53-44-21-11-9-19-41(44)51(47)40-18-8-10-20-43(40)52-45/h1-29H. The molecule has 4 heterocycles. The Morgan fingerprint density at radius 3 is 1.62 bits per heavy atom. The zero-order chi connectivity index (χ0) is 34.6. The van der Waals surface area contributed by atoms with Crippen LogP contribution in [-0.2, 0) is 0 Å². The highest BCUT2D eigenvalue weighted by Crippen LogP contribution is 2.62. The minimum Gasteiger partial charge on any atom is -0.309 e. The number of nitrogens with zero attached hydrogens (tertiary/aromatic N) is 3. The van der Waals surface area contributed by atoms with Crippen molar-refractivity contribution in [2.45, 2.75) is 19.6 Å². The first-order valence-corrected chi connectivity index (χ1v) is 19.6. The summed E-state index contributed by atoms with van der Waals surface area (Å²) < 4.78 is 4.85. The average Bonchev–Trinajstić information content (AvgIpc) is 3.73. The van der Waals surface area contributed by atoms with E-state index in [0.29, 0.717) is 0 Å². The Kier molecular flexibility index (Phi) is 6.21. The Balaban J connectivity index is 1.09. The van der Waals surface area contributed by atoms with Crippen LogP contribution in [0.4, 0.5) is 17.1 Å². The van der Waals surface area contributed by atoms with E-state index in [1.807, 2.05) is 23.5 Å². The Morgan fingerprint density at radius 1 is 0.358 bits per heavy atom. The lowest BCUT2D eigenvalue weighted by atomic mass is 10.0. The van der Waals surface area contributed by atoms with Crippen LogP contribution in [0.1, 0.15) is 0 Å². The molecule has 0 radical (unpaired) electrons. The third kappa shape index (κ3) is 4.20. The summed E-state index contributed by atoms with van der Waals surface area (Å²) in [4.78, 5) is 7.66. The van der Waals surface area contributed by atoms with Crippen LogP contribution in [0.15, 0.2) is 196 Å². The molecule has 8 aromatic carbocycles. The molecule has 53 heavy (non-hydrogen) atoms. The van der Waals surface area contributed by atoms with Crippen molar-refractivity contribution < 1.29 is 0 Å². The first-order chi connectivity index (χ1) is 26.3. The van der Waals surface area contributed by atoms with E-state index in [2.05, 4.69) is 190 Å². The van der Waals surface area contributed by atoms with Crippen LogP contribution in [0.3, 0.4) is 0 Å². The van der Waals surface area contributed by atoms with Gasteiger partial charge in [0.05, 0.1) is 39.1 Å². The Morgan fingerprint density at radius 2 is 0.906 bits per heavy atom. The highest BCUT2D eigenvalue weighted by molar-refractivity contribution is 8.01. The van der Waals surface area contributed by atoms with E-state index in [4.69, 9.17) is 0 Å². The minimum absolute atomic E-state index is 1.16. The van der Waals surface area contributed by atoms with Gasteiger partial charge in [-0.3, -0.25) is 0 Å². The SMILES string of the molecule is c1ccc(-n2c3ccc(-c4ccc(-n5c6ccccc6c6ccccc65)cc4)cc3c3c4c5c(cc32)Sc2ccccc2N5c2ccccc2S4)cc1. The number of benzene rings is 8. The van der Waals surface area contributed by atoms with Gasteiger partial charge >= 0.3 is 0 Å². The lowest BCUT2D eigenvalue weighted by Gasteiger charge is -2.38. The summed E-state index contributed by atoms with van der Waals surface area (Å²) in [5.41, 5.74) is 13.4. The fraction of sp³-hybridized carbons (Fsp3) is 0. The third-order valence-corrected chi connectivity index (χ3v) is 13.1. The van der Waals surface area contributed by atoms with Crippen molar-refractivity contribution >= 4 is 84.2 Å². The Labute approximate surface area is 314 Å². The van der Waals surface area contributed by atoms with Gasteiger partial charge in [0.1, 0.15) is 0 Å². The fourth-order valence-corrected chi connectivity index (χ4v) is 11.0. The molecular formula is C48H29N3S2. The average molecular weight is 712 g/mol. The Hall–Kier alpha value is -6.14. The molecule has 0 bridgehead atoms. The molecule has 10 aromatic rings. The molecule has 0 unspecified atom stereocenters. The minimum atomic E-state index is 1.16. The second-order valence-corrected chi connectivity index (χ2v) is 15.9. The van der Waals surface area contributed by atoms with E-state index < -0.39 is 0 Å². The van der Waals surface area contributed by atoms with Gasteiger partial charge in [-0.25, -0.2) is 0 Å². The van der Waals surface area contributed by atoms with Gasteiger partial charge in [0.15, 0.2) is 0 Å². The lowest BCUT2D eigenvalue weighted by Crippen LogP contribution is -2.19. The quantitative estimate of drug-likeness (QED) is 0.181. The van der Waals surface area contributed by atoms with Crippen LogP contribution < -0.4 is 4.90 Å². The van der Waals surface area contributed by atoms with Crippen molar-refractivity contribution in [3.63, 3.8) is 0 Å². The van der Waals surface area contributed by atoms with Gasteiger partial charge < -0.3 is 14.0 Å². The molecule has 3 nitrogen and oxygen atoms in total. The number of hydrogen-bond acceptors (Lipinski definition) is 3. The molecule has 0 saturated heterocycles. The van der Waals surface area contributed by atoms with E-state index in [0.717, 1.165) is 5.69 Å². The molecule has 248 valence electrons. The zero-order valence-corrected chi connectivity index (χ0v) is 30.0. The summed E-state index contributed by atoms with van der Waals surface area (Å²) in [6, 6.07) is 64.5. The van der Waals surface area contributed by atoms with Crippen LogP contribution in [0.2, 0.25) is 0 Å². The number of rotatable bonds is 3. The van der Waals surface area contributed by atoms with Crippen molar-refractivity contribution in [3.8, 4) is 22.5 Å². The lowest BCUT2D eigenvalue weighted by molar-refractivity contribution is 1.09. The molecule has 2 aliphatic rings. The smallest absolute Gasteiger partial charge is 0.0749 e. The molecule has 0 fully saturated rings. The van der Waals surface area contributed by atoms with E-state index in [1.54, 1.807) is 0 Å². The van der Waals surface area contributed by atoms with Gasteiger partial charge in [0.2, 0.25) is 0 Å². The van der Waals surface area contributed by atoms with Crippen molar-refractivity contribution in [2.75, 3.05) is 4.90 Å². The molecule has 0 spiro atoms. The van der Waals surface area contributed by atoms with Crippen LogP contribution in [0, 0.1) is 0 Å². The fourth-order valence-electron chi connectivity index (χ4n) is 8.59. The highest BCUT2D eigenvalue weighted by atomic mass is 32.2. The summed E-state index contributed by atoms with van der Waals surface area (Å²) in [6.07, 6.45) is 0. The highest BCUT2D eigenvalue weighted by Gasteiger charge is 2.35. The van der Waals surface area contributed by atoms with Gasteiger partial charge in [-0.15, -0.1) is 0 Å². The van der Waals surface area contributed by atoms with E-state index >= 15 is 0 Å². The number of anilines is 3. The van der Waals surface area contributed by atoms with Crippen molar-refractivity contribution in [1.29, 1.82) is 0 Å². The molecule has 0 aliphatic carbocycles. The largest absolute Gasteiger partial charge is 0.309 e. The predicted octanol–water partition coefficient (Wildman–Crippen LogP) is 13.9. The normalized spacial score (nSPS) is 13.1. The van der Waals surface area contributed by atoms with Crippen molar-refractivity contribution in [3.05, 3.63) is 176 Å². The van der Waals surface area contributed by atoms with Gasteiger partial charge in [-0.2, -0.15) is 0 Å². The van der Waals surface area contributed by atoms with Gasteiger partial charge in [0, 0.05) is 52.5 Å². The number of para-hydroxylation sites is 5. The van der Waals surface area contributed by atoms with Crippen molar-refractivity contribution in [2.24, 2.45) is 0 Å².